The Bertz CT molecular complexity index is 779. The molecule has 0 saturated heterocycles. The van der Waals surface area contributed by atoms with Crippen molar-refractivity contribution in [3.63, 3.8) is 0 Å². The number of aryl methyl sites for hydroxylation is 2. The molecule has 0 aliphatic heterocycles. The van der Waals surface area contributed by atoms with Gasteiger partial charge in [-0.15, -0.1) is 0 Å². The lowest BCUT2D eigenvalue weighted by Crippen LogP contribution is -1.99. The molecule has 0 radical (unpaired) electrons. The molecule has 1 N–H and O–H groups in total. The molecule has 112 valence electrons. The molecule has 0 spiro atoms. The smallest absolute Gasteiger partial charge is 0.227 e. The van der Waals surface area contributed by atoms with Crippen molar-refractivity contribution in [3.05, 3.63) is 48.4 Å². The SMILES string of the molecule is COc1ccc(-c2nc(Nc3cnn(C)c3)ncc2C)cc1. The van der Waals surface area contributed by atoms with E-state index in [1.807, 2.05) is 50.6 Å². The number of nitrogens with one attached hydrogen (secondary N) is 1. The Balaban J connectivity index is 1.91. The van der Waals surface area contributed by atoms with Crippen LogP contribution in [0.5, 0.6) is 5.75 Å². The van der Waals surface area contributed by atoms with Crippen LogP contribution in [0.3, 0.4) is 0 Å². The number of methoxy groups -OCH3 is 1. The highest BCUT2D eigenvalue weighted by Crippen LogP contribution is 2.24. The molecule has 0 bridgehead atoms. The van der Waals surface area contributed by atoms with Gasteiger partial charge < -0.3 is 10.1 Å². The molecule has 0 saturated carbocycles. The van der Waals surface area contributed by atoms with Crippen molar-refractivity contribution >= 4 is 11.6 Å². The van der Waals surface area contributed by atoms with Gasteiger partial charge in [-0.1, -0.05) is 0 Å². The van der Waals surface area contributed by atoms with E-state index >= 15 is 0 Å². The fourth-order valence-electron chi connectivity index (χ4n) is 2.16. The number of anilines is 2. The van der Waals surface area contributed by atoms with Gasteiger partial charge >= 0.3 is 0 Å². The van der Waals surface area contributed by atoms with Crippen molar-refractivity contribution in [1.82, 2.24) is 19.7 Å². The van der Waals surface area contributed by atoms with E-state index in [2.05, 4.69) is 20.4 Å². The second-order valence-electron chi connectivity index (χ2n) is 4.98. The van der Waals surface area contributed by atoms with E-state index in [0.717, 1.165) is 28.3 Å². The first-order valence-corrected chi connectivity index (χ1v) is 6.89. The van der Waals surface area contributed by atoms with E-state index in [-0.39, 0.29) is 0 Å². The third-order valence-electron chi connectivity index (χ3n) is 3.30. The molecular formula is C16H17N5O. The summed E-state index contributed by atoms with van der Waals surface area (Å²) in [6.07, 6.45) is 5.41. The first-order chi connectivity index (χ1) is 10.7. The number of hydrogen-bond acceptors (Lipinski definition) is 5. The predicted molar refractivity (Wildman–Crippen MR) is 85.2 cm³/mol. The van der Waals surface area contributed by atoms with Gasteiger partial charge in [0.05, 0.1) is 24.7 Å². The van der Waals surface area contributed by atoms with Crippen LogP contribution < -0.4 is 10.1 Å². The number of ether oxygens (including phenoxy) is 1. The monoisotopic (exact) mass is 295 g/mol. The minimum Gasteiger partial charge on any atom is -0.497 e. The van der Waals surface area contributed by atoms with Gasteiger partial charge in [-0.3, -0.25) is 4.68 Å². The zero-order valence-electron chi connectivity index (χ0n) is 12.7. The molecule has 0 aliphatic carbocycles. The zero-order chi connectivity index (χ0) is 15.5. The van der Waals surface area contributed by atoms with Crippen LogP contribution in [0.25, 0.3) is 11.3 Å². The van der Waals surface area contributed by atoms with Gasteiger partial charge in [0, 0.05) is 25.0 Å². The minimum atomic E-state index is 0.546. The van der Waals surface area contributed by atoms with E-state index in [1.54, 1.807) is 18.0 Å². The molecule has 0 atom stereocenters. The summed E-state index contributed by atoms with van der Waals surface area (Å²) < 4.78 is 6.91. The minimum absolute atomic E-state index is 0.546. The van der Waals surface area contributed by atoms with Crippen LogP contribution in [0.2, 0.25) is 0 Å². The lowest BCUT2D eigenvalue weighted by molar-refractivity contribution is 0.415. The summed E-state index contributed by atoms with van der Waals surface area (Å²) >= 11 is 0. The Kier molecular flexibility index (Phi) is 3.74. The van der Waals surface area contributed by atoms with Crippen molar-refractivity contribution in [2.24, 2.45) is 7.05 Å². The third-order valence-corrected chi connectivity index (χ3v) is 3.30. The van der Waals surface area contributed by atoms with Gasteiger partial charge in [-0.2, -0.15) is 5.10 Å². The van der Waals surface area contributed by atoms with Crippen molar-refractivity contribution < 1.29 is 4.74 Å². The number of hydrogen-bond donors (Lipinski definition) is 1. The van der Waals surface area contributed by atoms with Crippen LogP contribution in [0.15, 0.2) is 42.9 Å². The van der Waals surface area contributed by atoms with Gasteiger partial charge in [0.2, 0.25) is 5.95 Å². The van der Waals surface area contributed by atoms with Gasteiger partial charge in [0.25, 0.3) is 0 Å². The van der Waals surface area contributed by atoms with E-state index in [4.69, 9.17) is 4.74 Å². The molecular weight excluding hydrogens is 278 g/mol. The van der Waals surface area contributed by atoms with Gasteiger partial charge in [0.15, 0.2) is 0 Å². The molecule has 0 amide bonds. The summed E-state index contributed by atoms with van der Waals surface area (Å²) in [7, 11) is 3.52. The van der Waals surface area contributed by atoms with Crippen LogP contribution in [0, 0.1) is 6.92 Å². The molecule has 1 aromatic carbocycles. The summed E-state index contributed by atoms with van der Waals surface area (Å²) in [5.74, 6) is 1.37. The highest BCUT2D eigenvalue weighted by Gasteiger charge is 2.08. The van der Waals surface area contributed by atoms with Gasteiger partial charge in [0.1, 0.15) is 5.75 Å². The topological polar surface area (TPSA) is 64.9 Å². The van der Waals surface area contributed by atoms with E-state index in [1.165, 1.54) is 0 Å². The third kappa shape index (κ3) is 2.90. The van der Waals surface area contributed by atoms with E-state index in [0.29, 0.717) is 5.95 Å². The fraction of sp³-hybridized carbons (Fsp3) is 0.188. The quantitative estimate of drug-likeness (QED) is 0.801. The lowest BCUT2D eigenvalue weighted by atomic mass is 10.1. The van der Waals surface area contributed by atoms with E-state index in [9.17, 15) is 0 Å². The molecule has 3 rings (SSSR count). The van der Waals surface area contributed by atoms with Crippen molar-refractivity contribution in [2.45, 2.75) is 6.92 Å². The van der Waals surface area contributed by atoms with Crippen LogP contribution in [0.1, 0.15) is 5.56 Å². The second-order valence-corrected chi connectivity index (χ2v) is 4.98. The average molecular weight is 295 g/mol. The Morgan fingerprint density at radius 2 is 1.91 bits per heavy atom. The first kappa shape index (κ1) is 14.1. The summed E-state index contributed by atoms with van der Waals surface area (Å²) in [5, 5.41) is 7.27. The lowest BCUT2D eigenvalue weighted by Gasteiger charge is -2.08. The molecule has 2 heterocycles. The molecule has 2 aromatic heterocycles. The number of nitrogens with zero attached hydrogens (tertiary/aromatic N) is 4. The van der Waals surface area contributed by atoms with Crippen molar-refractivity contribution in [2.75, 3.05) is 12.4 Å². The first-order valence-electron chi connectivity index (χ1n) is 6.89. The molecule has 0 aliphatic rings. The van der Waals surface area contributed by atoms with Gasteiger partial charge in [-0.05, 0) is 36.8 Å². The maximum Gasteiger partial charge on any atom is 0.227 e. The highest BCUT2D eigenvalue weighted by molar-refractivity contribution is 5.65. The summed E-state index contributed by atoms with van der Waals surface area (Å²) in [6.45, 7) is 1.99. The second kappa shape index (κ2) is 5.85. The molecule has 3 aromatic rings. The fourth-order valence-corrected chi connectivity index (χ4v) is 2.16. The Morgan fingerprint density at radius 1 is 1.14 bits per heavy atom. The molecule has 22 heavy (non-hydrogen) atoms. The molecule has 0 fully saturated rings. The van der Waals surface area contributed by atoms with Crippen LogP contribution >= 0.6 is 0 Å². The average Bonchev–Trinajstić information content (AvgIpc) is 2.94. The number of aromatic nitrogens is 4. The zero-order valence-corrected chi connectivity index (χ0v) is 12.7. The Hall–Kier alpha value is -2.89. The molecule has 6 heteroatoms. The van der Waals surface area contributed by atoms with Crippen molar-refractivity contribution in [1.29, 1.82) is 0 Å². The van der Waals surface area contributed by atoms with Crippen LogP contribution in [-0.2, 0) is 7.05 Å². The Morgan fingerprint density at radius 3 is 2.55 bits per heavy atom. The van der Waals surface area contributed by atoms with Crippen molar-refractivity contribution in [3.8, 4) is 17.0 Å². The maximum absolute atomic E-state index is 5.19. The predicted octanol–water partition coefficient (Wildman–Crippen LogP) is 2.94. The standard InChI is InChI=1S/C16H17N5O/c1-11-8-17-16(19-13-9-18-21(2)10-13)20-15(11)12-4-6-14(22-3)7-5-12/h4-10H,1-3H3,(H,17,19,20). The maximum atomic E-state index is 5.19. The Labute approximate surface area is 128 Å². The summed E-state index contributed by atoms with van der Waals surface area (Å²) in [4.78, 5) is 8.92. The van der Waals surface area contributed by atoms with Crippen LogP contribution in [-0.4, -0.2) is 26.9 Å². The number of rotatable bonds is 4. The highest BCUT2D eigenvalue weighted by atomic mass is 16.5. The molecule has 6 nitrogen and oxygen atoms in total. The summed E-state index contributed by atoms with van der Waals surface area (Å²) in [6, 6.07) is 7.82. The van der Waals surface area contributed by atoms with E-state index < -0.39 is 0 Å². The summed E-state index contributed by atoms with van der Waals surface area (Å²) in [5.41, 5.74) is 3.79. The van der Waals surface area contributed by atoms with Crippen LogP contribution in [0.4, 0.5) is 11.6 Å². The normalized spacial score (nSPS) is 10.5. The largest absolute Gasteiger partial charge is 0.497 e. The van der Waals surface area contributed by atoms with Gasteiger partial charge in [-0.25, -0.2) is 9.97 Å². The molecule has 0 unspecified atom stereocenters. The number of benzene rings is 1.